The molecule has 1 aromatic heterocycles. The Balaban J connectivity index is 2.11. The number of carbonyl (C=O) groups excluding carboxylic acids is 1. The first kappa shape index (κ1) is 14.2. The van der Waals surface area contributed by atoms with Gasteiger partial charge in [0.05, 0.1) is 24.5 Å². The molecule has 6 heteroatoms. The fourth-order valence-corrected chi connectivity index (χ4v) is 1.72. The van der Waals surface area contributed by atoms with Crippen LogP contribution in [0.2, 0.25) is 0 Å². The lowest BCUT2D eigenvalue weighted by atomic mass is 10.1. The maximum Gasteiger partial charge on any atom is 0.273 e. The van der Waals surface area contributed by atoms with Crippen molar-refractivity contribution in [2.75, 3.05) is 6.61 Å². The van der Waals surface area contributed by atoms with Gasteiger partial charge in [0.25, 0.3) is 5.91 Å². The van der Waals surface area contributed by atoms with Gasteiger partial charge >= 0.3 is 0 Å². The topological polar surface area (TPSA) is 80.0 Å². The average molecular weight is 274 g/mol. The Morgan fingerprint density at radius 3 is 2.65 bits per heavy atom. The molecule has 0 bridgehead atoms. The highest BCUT2D eigenvalue weighted by atomic mass is 16.3. The molecule has 20 heavy (non-hydrogen) atoms. The maximum atomic E-state index is 12.0. The van der Waals surface area contributed by atoms with Crippen LogP contribution in [0.15, 0.2) is 36.5 Å². The number of nitrogens with zero attached hydrogens (tertiary/aromatic N) is 3. The lowest BCUT2D eigenvalue weighted by Gasteiger charge is -2.18. The molecule has 1 amide bonds. The number of amides is 1. The van der Waals surface area contributed by atoms with Crippen LogP contribution in [-0.2, 0) is 0 Å². The van der Waals surface area contributed by atoms with E-state index in [1.807, 2.05) is 44.2 Å². The van der Waals surface area contributed by atoms with Crippen LogP contribution < -0.4 is 5.32 Å². The van der Waals surface area contributed by atoms with Gasteiger partial charge in [0.15, 0.2) is 5.69 Å². The largest absolute Gasteiger partial charge is 0.394 e. The van der Waals surface area contributed by atoms with E-state index in [0.29, 0.717) is 0 Å². The summed E-state index contributed by atoms with van der Waals surface area (Å²) in [5, 5.41) is 20.2. The van der Waals surface area contributed by atoms with Gasteiger partial charge in [0.1, 0.15) is 0 Å². The second kappa shape index (κ2) is 6.29. The Morgan fingerprint density at radius 1 is 1.35 bits per heavy atom. The number of para-hydroxylation sites is 1. The van der Waals surface area contributed by atoms with Crippen molar-refractivity contribution >= 4 is 5.91 Å². The van der Waals surface area contributed by atoms with Gasteiger partial charge in [0, 0.05) is 0 Å². The van der Waals surface area contributed by atoms with Crippen LogP contribution in [0.3, 0.4) is 0 Å². The maximum absolute atomic E-state index is 12.0. The third kappa shape index (κ3) is 3.21. The van der Waals surface area contributed by atoms with Gasteiger partial charge in [-0.25, -0.2) is 0 Å². The lowest BCUT2D eigenvalue weighted by Crippen LogP contribution is -2.41. The van der Waals surface area contributed by atoms with Gasteiger partial charge in [-0.05, 0) is 18.1 Å². The number of rotatable bonds is 5. The van der Waals surface area contributed by atoms with E-state index >= 15 is 0 Å². The van der Waals surface area contributed by atoms with Gasteiger partial charge in [0.2, 0.25) is 0 Å². The molecule has 0 saturated heterocycles. The van der Waals surface area contributed by atoms with Crippen LogP contribution in [0, 0.1) is 5.92 Å². The minimum Gasteiger partial charge on any atom is -0.394 e. The Bertz CT molecular complexity index is 566. The molecule has 2 N–H and O–H groups in total. The number of carbonyl (C=O) groups is 1. The first-order valence-corrected chi connectivity index (χ1v) is 6.51. The van der Waals surface area contributed by atoms with E-state index in [-0.39, 0.29) is 30.2 Å². The standard InChI is InChI=1S/C14H18N4O2/c1-10(2)13(9-19)16-14(20)12-8-15-18(17-12)11-6-4-3-5-7-11/h3-8,10,13,19H,9H2,1-2H3,(H,16,20)/t13-/m1/s1. The number of hydrogen-bond acceptors (Lipinski definition) is 4. The molecular formula is C14H18N4O2. The van der Waals surface area contributed by atoms with E-state index in [9.17, 15) is 9.90 Å². The molecule has 1 aromatic carbocycles. The molecule has 6 nitrogen and oxygen atoms in total. The Kier molecular flexibility index (Phi) is 4.47. The highest BCUT2D eigenvalue weighted by Gasteiger charge is 2.18. The zero-order valence-electron chi connectivity index (χ0n) is 11.5. The molecule has 1 heterocycles. The molecule has 0 unspecified atom stereocenters. The van der Waals surface area contributed by atoms with Gasteiger partial charge < -0.3 is 10.4 Å². The molecule has 106 valence electrons. The van der Waals surface area contributed by atoms with E-state index in [0.717, 1.165) is 5.69 Å². The minimum absolute atomic E-state index is 0.101. The van der Waals surface area contributed by atoms with Crippen molar-refractivity contribution in [3.8, 4) is 5.69 Å². The fraction of sp³-hybridized carbons (Fsp3) is 0.357. The molecule has 0 aliphatic carbocycles. The zero-order valence-corrected chi connectivity index (χ0v) is 11.5. The number of aliphatic hydroxyl groups is 1. The van der Waals surface area contributed by atoms with Crippen molar-refractivity contribution in [1.82, 2.24) is 20.3 Å². The Hall–Kier alpha value is -2.21. The average Bonchev–Trinajstić information content (AvgIpc) is 2.95. The summed E-state index contributed by atoms with van der Waals surface area (Å²) in [6.45, 7) is 3.76. The summed E-state index contributed by atoms with van der Waals surface area (Å²) in [4.78, 5) is 13.4. The first-order chi connectivity index (χ1) is 9.61. The van der Waals surface area contributed by atoms with Crippen LogP contribution in [-0.4, -0.2) is 38.7 Å². The molecule has 0 saturated carbocycles. The monoisotopic (exact) mass is 274 g/mol. The second-order valence-electron chi connectivity index (χ2n) is 4.86. The predicted octanol–water partition coefficient (Wildman–Crippen LogP) is 1.01. The van der Waals surface area contributed by atoms with Crippen molar-refractivity contribution < 1.29 is 9.90 Å². The minimum atomic E-state index is -0.333. The highest BCUT2D eigenvalue weighted by molar-refractivity contribution is 5.92. The molecule has 2 rings (SSSR count). The smallest absolute Gasteiger partial charge is 0.273 e. The molecular weight excluding hydrogens is 256 g/mol. The zero-order chi connectivity index (χ0) is 14.5. The van der Waals surface area contributed by atoms with Crippen LogP contribution in [0.1, 0.15) is 24.3 Å². The summed E-state index contributed by atoms with van der Waals surface area (Å²) >= 11 is 0. The van der Waals surface area contributed by atoms with Crippen LogP contribution in [0.4, 0.5) is 0 Å². The third-order valence-corrected chi connectivity index (χ3v) is 3.03. The quantitative estimate of drug-likeness (QED) is 0.853. The van der Waals surface area contributed by atoms with Crippen molar-refractivity contribution in [3.63, 3.8) is 0 Å². The normalized spacial score (nSPS) is 12.4. The summed E-state index contributed by atoms with van der Waals surface area (Å²) in [6, 6.07) is 9.07. The molecule has 0 fully saturated rings. The van der Waals surface area contributed by atoms with E-state index in [2.05, 4.69) is 15.5 Å². The molecule has 0 aliphatic rings. The van der Waals surface area contributed by atoms with Crippen LogP contribution in [0.25, 0.3) is 5.69 Å². The van der Waals surface area contributed by atoms with Crippen LogP contribution in [0.5, 0.6) is 0 Å². The van der Waals surface area contributed by atoms with Gasteiger partial charge in [-0.15, -0.1) is 5.10 Å². The van der Waals surface area contributed by atoms with Gasteiger partial charge in [-0.3, -0.25) is 4.79 Å². The summed E-state index contributed by atoms with van der Waals surface area (Å²) < 4.78 is 0. The molecule has 1 atom stereocenters. The van der Waals surface area contributed by atoms with Crippen molar-refractivity contribution in [2.45, 2.75) is 19.9 Å². The molecule has 0 spiro atoms. The highest BCUT2D eigenvalue weighted by Crippen LogP contribution is 2.05. The van der Waals surface area contributed by atoms with Gasteiger partial charge in [-0.2, -0.15) is 9.90 Å². The number of aliphatic hydroxyl groups excluding tert-OH is 1. The Labute approximate surface area is 117 Å². The first-order valence-electron chi connectivity index (χ1n) is 6.51. The fourth-order valence-electron chi connectivity index (χ4n) is 1.72. The van der Waals surface area contributed by atoms with Gasteiger partial charge in [-0.1, -0.05) is 32.0 Å². The summed E-state index contributed by atoms with van der Waals surface area (Å²) in [5.74, 6) is -0.187. The lowest BCUT2D eigenvalue weighted by molar-refractivity contribution is 0.0891. The van der Waals surface area contributed by atoms with Crippen molar-refractivity contribution in [2.24, 2.45) is 5.92 Å². The van der Waals surface area contributed by atoms with Crippen molar-refractivity contribution in [1.29, 1.82) is 0 Å². The number of aromatic nitrogens is 3. The molecule has 0 aliphatic heterocycles. The van der Waals surface area contributed by atoms with E-state index < -0.39 is 0 Å². The molecule has 0 radical (unpaired) electrons. The van der Waals surface area contributed by atoms with Crippen LogP contribution >= 0.6 is 0 Å². The van der Waals surface area contributed by atoms with Crippen molar-refractivity contribution in [3.05, 3.63) is 42.2 Å². The second-order valence-corrected chi connectivity index (χ2v) is 4.86. The third-order valence-electron chi connectivity index (χ3n) is 3.03. The summed E-state index contributed by atoms with van der Waals surface area (Å²) in [7, 11) is 0. The summed E-state index contributed by atoms with van der Waals surface area (Å²) in [5.41, 5.74) is 1.02. The van der Waals surface area contributed by atoms with E-state index in [1.165, 1.54) is 11.0 Å². The SMILES string of the molecule is CC(C)[C@@H](CO)NC(=O)c1cnn(-c2ccccc2)n1. The predicted molar refractivity (Wildman–Crippen MR) is 74.5 cm³/mol. The summed E-state index contributed by atoms with van der Waals surface area (Å²) in [6.07, 6.45) is 1.41. The number of benzene rings is 1. The Morgan fingerprint density at radius 2 is 2.05 bits per heavy atom. The molecule has 2 aromatic rings. The number of nitrogens with one attached hydrogen (secondary N) is 1. The number of hydrogen-bond donors (Lipinski definition) is 2. The van der Waals surface area contributed by atoms with E-state index in [1.54, 1.807) is 0 Å². The van der Waals surface area contributed by atoms with E-state index in [4.69, 9.17) is 0 Å².